The van der Waals surface area contributed by atoms with Crippen molar-refractivity contribution in [3.8, 4) is 0 Å². The summed E-state index contributed by atoms with van der Waals surface area (Å²) in [4.78, 5) is 12.8. The Bertz CT molecular complexity index is 1330. The van der Waals surface area contributed by atoms with Gasteiger partial charge in [0.1, 0.15) is 5.82 Å². The van der Waals surface area contributed by atoms with Crippen LogP contribution in [0, 0.1) is 5.82 Å². The van der Waals surface area contributed by atoms with Crippen molar-refractivity contribution in [2.45, 2.75) is 0 Å². The Morgan fingerprint density at radius 3 is 2.08 bits per heavy atom. The second-order valence-corrected chi connectivity index (χ2v) is 7.05. The lowest BCUT2D eigenvalue weighted by molar-refractivity contribution is 0.630. The molecule has 5 aromatic rings. The summed E-state index contributed by atoms with van der Waals surface area (Å²) in [5, 5.41) is 5.57. The molecule has 0 N–H and O–H groups in total. The Kier molecular flexibility index (Phi) is 2.76. The van der Waals surface area contributed by atoms with Crippen LogP contribution in [0.5, 0.6) is 0 Å². The summed E-state index contributed by atoms with van der Waals surface area (Å²) in [6.45, 7) is 0. The average molecular weight is 330 g/mol. The van der Waals surface area contributed by atoms with Gasteiger partial charge in [0.25, 0.3) is 0 Å². The van der Waals surface area contributed by atoms with Crippen molar-refractivity contribution in [2.24, 2.45) is 0 Å². The molecule has 0 saturated heterocycles. The first-order chi connectivity index (χ1) is 11.7. The molecule has 0 unspecified atom stereocenters. The van der Waals surface area contributed by atoms with Gasteiger partial charge in [0, 0.05) is 20.2 Å². The number of rotatable bonds is 0. The quantitative estimate of drug-likeness (QED) is 0.325. The molecule has 1 heterocycles. The fourth-order valence-electron chi connectivity index (χ4n) is 3.27. The first kappa shape index (κ1) is 13.6. The van der Waals surface area contributed by atoms with Gasteiger partial charge >= 0.3 is 0 Å². The molecule has 3 heteroatoms. The van der Waals surface area contributed by atoms with Gasteiger partial charge in [0.2, 0.25) is 0 Å². The molecule has 0 radical (unpaired) electrons. The molecule has 0 bridgehead atoms. The van der Waals surface area contributed by atoms with E-state index in [1.54, 1.807) is 6.07 Å². The first-order valence-electron chi connectivity index (χ1n) is 7.68. The molecule has 0 atom stereocenters. The number of halogens is 1. The van der Waals surface area contributed by atoms with E-state index in [1.165, 1.54) is 28.9 Å². The molecule has 0 aliphatic rings. The standard InChI is InChI=1S/C21H11FOS/c22-16-5-6-19-18(11-16)21(23)17-9-14-7-12-3-1-2-4-13(12)8-15(14)10-20(17)24-19/h1-11H. The van der Waals surface area contributed by atoms with Crippen LogP contribution < -0.4 is 5.43 Å². The predicted octanol–water partition coefficient (Wildman–Crippen LogP) is 5.86. The zero-order valence-corrected chi connectivity index (χ0v) is 13.4. The van der Waals surface area contributed by atoms with Gasteiger partial charge < -0.3 is 0 Å². The van der Waals surface area contributed by atoms with E-state index in [-0.39, 0.29) is 11.2 Å². The Hall–Kier alpha value is -2.78. The molecule has 0 fully saturated rings. The summed E-state index contributed by atoms with van der Waals surface area (Å²) in [6, 6.07) is 20.8. The van der Waals surface area contributed by atoms with Crippen LogP contribution in [0.1, 0.15) is 0 Å². The highest BCUT2D eigenvalue weighted by Gasteiger charge is 2.09. The molecule has 0 aliphatic heterocycles. The molecule has 5 rings (SSSR count). The van der Waals surface area contributed by atoms with E-state index in [1.807, 2.05) is 18.2 Å². The Morgan fingerprint density at radius 1 is 0.667 bits per heavy atom. The van der Waals surface area contributed by atoms with E-state index in [0.717, 1.165) is 25.6 Å². The van der Waals surface area contributed by atoms with Crippen LogP contribution in [0.3, 0.4) is 0 Å². The van der Waals surface area contributed by atoms with E-state index in [0.29, 0.717) is 10.8 Å². The SMILES string of the molecule is O=c1c2cc(F)ccc2sc2cc3cc4ccccc4cc3cc12. The van der Waals surface area contributed by atoms with E-state index in [4.69, 9.17) is 0 Å². The maximum absolute atomic E-state index is 13.5. The van der Waals surface area contributed by atoms with Crippen LogP contribution in [0.15, 0.2) is 71.5 Å². The van der Waals surface area contributed by atoms with Gasteiger partial charge in [-0.3, -0.25) is 4.79 Å². The molecule has 1 aromatic heterocycles. The summed E-state index contributed by atoms with van der Waals surface area (Å²) in [7, 11) is 0. The number of fused-ring (bicyclic) bond motifs is 4. The van der Waals surface area contributed by atoms with Crippen LogP contribution in [-0.4, -0.2) is 0 Å². The summed E-state index contributed by atoms with van der Waals surface area (Å²) in [6.07, 6.45) is 0. The number of hydrogen-bond acceptors (Lipinski definition) is 2. The van der Waals surface area contributed by atoms with Crippen LogP contribution in [0.4, 0.5) is 4.39 Å². The zero-order valence-electron chi connectivity index (χ0n) is 12.5. The van der Waals surface area contributed by atoms with Gasteiger partial charge in [-0.25, -0.2) is 4.39 Å². The van der Waals surface area contributed by atoms with Crippen molar-refractivity contribution in [3.63, 3.8) is 0 Å². The fourth-order valence-corrected chi connectivity index (χ4v) is 4.35. The molecule has 0 amide bonds. The van der Waals surface area contributed by atoms with Crippen molar-refractivity contribution in [2.75, 3.05) is 0 Å². The third-order valence-electron chi connectivity index (χ3n) is 4.45. The molecule has 114 valence electrons. The summed E-state index contributed by atoms with van der Waals surface area (Å²) in [5.74, 6) is -0.377. The molecule has 4 aromatic carbocycles. The van der Waals surface area contributed by atoms with Crippen molar-refractivity contribution in [1.82, 2.24) is 0 Å². The highest BCUT2D eigenvalue weighted by molar-refractivity contribution is 7.24. The van der Waals surface area contributed by atoms with Gasteiger partial charge in [0.15, 0.2) is 5.43 Å². The third-order valence-corrected chi connectivity index (χ3v) is 5.59. The normalized spacial score (nSPS) is 11.7. The second-order valence-electron chi connectivity index (χ2n) is 5.97. The van der Waals surface area contributed by atoms with Crippen molar-refractivity contribution < 1.29 is 4.39 Å². The van der Waals surface area contributed by atoms with Crippen LogP contribution >= 0.6 is 11.3 Å². The van der Waals surface area contributed by atoms with Gasteiger partial charge in [-0.2, -0.15) is 0 Å². The highest BCUT2D eigenvalue weighted by Crippen LogP contribution is 2.31. The van der Waals surface area contributed by atoms with E-state index in [2.05, 4.69) is 30.3 Å². The number of hydrogen-bond donors (Lipinski definition) is 0. The minimum absolute atomic E-state index is 0.103. The predicted molar refractivity (Wildman–Crippen MR) is 101 cm³/mol. The monoisotopic (exact) mass is 330 g/mol. The molecule has 0 aliphatic carbocycles. The molecule has 0 spiro atoms. The van der Waals surface area contributed by atoms with Gasteiger partial charge in [-0.05, 0) is 64.0 Å². The lowest BCUT2D eigenvalue weighted by atomic mass is 10.0. The Balaban J connectivity index is 1.97. The van der Waals surface area contributed by atoms with Crippen molar-refractivity contribution in [3.05, 3.63) is 82.8 Å². The van der Waals surface area contributed by atoms with E-state index < -0.39 is 0 Å². The Morgan fingerprint density at radius 2 is 1.33 bits per heavy atom. The topological polar surface area (TPSA) is 17.1 Å². The van der Waals surface area contributed by atoms with Crippen molar-refractivity contribution >= 4 is 53.1 Å². The maximum Gasteiger partial charge on any atom is 0.195 e. The summed E-state index contributed by atoms with van der Waals surface area (Å²) in [5.41, 5.74) is -0.103. The molecule has 1 nitrogen and oxygen atoms in total. The third kappa shape index (κ3) is 1.95. The summed E-state index contributed by atoms with van der Waals surface area (Å²) < 4.78 is 15.3. The second kappa shape index (κ2) is 4.86. The average Bonchev–Trinajstić information content (AvgIpc) is 2.59. The minimum atomic E-state index is -0.377. The Labute approximate surface area is 140 Å². The maximum atomic E-state index is 13.5. The van der Waals surface area contributed by atoms with Gasteiger partial charge in [-0.1, -0.05) is 24.3 Å². The summed E-state index contributed by atoms with van der Waals surface area (Å²) >= 11 is 1.53. The van der Waals surface area contributed by atoms with E-state index in [9.17, 15) is 9.18 Å². The molecular formula is C21H11FOS. The fraction of sp³-hybridized carbons (Fsp3) is 0. The van der Waals surface area contributed by atoms with Gasteiger partial charge in [-0.15, -0.1) is 11.3 Å². The first-order valence-corrected chi connectivity index (χ1v) is 8.49. The minimum Gasteiger partial charge on any atom is -0.289 e. The molecular weight excluding hydrogens is 319 g/mol. The van der Waals surface area contributed by atoms with Crippen LogP contribution in [0.2, 0.25) is 0 Å². The zero-order chi connectivity index (χ0) is 16.3. The molecule has 0 saturated carbocycles. The largest absolute Gasteiger partial charge is 0.289 e. The number of benzene rings is 4. The smallest absolute Gasteiger partial charge is 0.195 e. The lowest BCUT2D eigenvalue weighted by Gasteiger charge is -2.06. The lowest BCUT2D eigenvalue weighted by Crippen LogP contribution is -2.01. The van der Waals surface area contributed by atoms with E-state index >= 15 is 0 Å². The highest BCUT2D eigenvalue weighted by atomic mass is 32.1. The van der Waals surface area contributed by atoms with Crippen LogP contribution in [0.25, 0.3) is 41.7 Å². The van der Waals surface area contributed by atoms with Crippen molar-refractivity contribution in [1.29, 1.82) is 0 Å². The van der Waals surface area contributed by atoms with Crippen LogP contribution in [-0.2, 0) is 0 Å². The van der Waals surface area contributed by atoms with Gasteiger partial charge in [0.05, 0.1) is 0 Å². The molecule has 24 heavy (non-hydrogen) atoms.